The van der Waals surface area contributed by atoms with Crippen molar-refractivity contribution >= 4 is 29.4 Å². The predicted molar refractivity (Wildman–Crippen MR) is 176 cm³/mol. The molecule has 4 aliphatic carbocycles. The Morgan fingerprint density at radius 1 is 1.14 bits per heavy atom. The largest absolute Gasteiger partial charge is 0.461 e. The van der Waals surface area contributed by atoms with Crippen LogP contribution >= 0.6 is 11.8 Å². The van der Waals surface area contributed by atoms with Crippen molar-refractivity contribution < 1.29 is 24.2 Å². The summed E-state index contributed by atoms with van der Waals surface area (Å²) in [4.78, 5) is 41.7. The van der Waals surface area contributed by atoms with Crippen LogP contribution in [0.1, 0.15) is 99.3 Å². The second-order valence-electron chi connectivity index (χ2n) is 16.4. The van der Waals surface area contributed by atoms with E-state index in [1.807, 2.05) is 31.7 Å². The fourth-order valence-electron chi connectivity index (χ4n) is 10.4. The lowest BCUT2D eigenvalue weighted by Crippen LogP contribution is -2.63. The number of aliphatic hydroxyl groups is 1. The van der Waals surface area contributed by atoms with Gasteiger partial charge in [-0.05, 0) is 91.6 Å². The first kappa shape index (κ1) is 34.0. The van der Waals surface area contributed by atoms with Crippen molar-refractivity contribution in [1.82, 2.24) is 4.90 Å². The summed E-state index contributed by atoms with van der Waals surface area (Å²) >= 11 is 1.66. The molecule has 9 atom stereocenters. The lowest BCUT2D eigenvalue weighted by Gasteiger charge is -2.61. The molecule has 5 aliphatic rings. The third-order valence-corrected chi connectivity index (χ3v) is 14.9. The molecule has 5 fully saturated rings. The Bertz CT molecular complexity index is 1130. The highest BCUT2D eigenvalue weighted by Gasteiger charge is 2.68. The highest BCUT2D eigenvalue weighted by molar-refractivity contribution is 7.99. The molecule has 0 aromatic carbocycles. The number of ether oxygens (including phenoxy) is 1. The Morgan fingerprint density at radius 2 is 1.80 bits per heavy atom. The van der Waals surface area contributed by atoms with E-state index < -0.39 is 29.1 Å². The zero-order chi connectivity index (χ0) is 32.2. The van der Waals surface area contributed by atoms with Crippen molar-refractivity contribution in [2.75, 3.05) is 24.6 Å². The number of ketones is 1. The summed E-state index contributed by atoms with van der Waals surface area (Å²) in [6.07, 6.45) is 8.90. The molecular weight excluding hydrogens is 572 g/mol. The van der Waals surface area contributed by atoms with Gasteiger partial charge in [0.1, 0.15) is 11.9 Å². The van der Waals surface area contributed by atoms with Crippen molar-refractivity contribution in [2.24, 2.45) is 57.0 Å². The number of piperidine rings is 1. The predicted octanol–water partition coefficient (Wildman–Crippen LogP) is 5.63. The summed E-state index contributed by atoms with van der Waals surface area (Å²) in [6.45, 7) is 18.3. The Kier molecular flexibility index (Phi) is 9.52. The molecule has 248 valence electrons. The molecule has 4 saturated carbocycles. The van der Waals surface area contributed by atoms with E-state index >= 15 is 0 Å². The Morgan fingerprint density at radius 3 is 2.41 bits per heavy atom. The second kappa shape index (κ2) is 12.3. The van der Waals surface area contributed by atoms with Crippen molar-refractivity contribution in [3.8, 4) is 0 Å². The maximum atomic E-state index is 13.6. The van der Waals surface area contributed by atoms with Crippen molar-refractivity contribution in [1.29, 1.82) is 0 Å². The average molecular weight is 631 g/mol. The second-order valence-corrected chi connectivity index (χ2v) is 17.5. The van der Waals surface area contributed by atoms with E-state index in [1.54, 1.807) is 11.8 Å². The number of carbonyl (C=O) groups is 3. The van der Waals surface area contributed by atoms with Gasteiger partial charge in [-0.2, -0.15) is 0 Å². The molecule has 1 heterocycles. The van der Waals surface area contributed by atoms with Crippen LogP contribution in [0.3, 0.4) is 0 Å². The summed E-state index contributed by atoms with van der Waals surface area (Å²) < 4.78 is 6.42. The summed E-state index contributed by atoms with van der Waals surface area (Å²) in [6, 6.07) is -0.416. The molecule has 2 unspecified atom stereocenters. The van der Waals surface area contributed by atoms with Crippen LogP contribution in [0, 0.1) is 51.2 Å². The first-order chi connectivity index (χ1) is 20.6. The molecule has 1 spiro atoms. The van der Waals surface area contributed by atoms with Gasteiger partial charge in [-0.3, -0.25) is 14.4 Å². The van der Waals surface area contributed by atoms with Crippen molar-refractivity contribution in [3.63, 3.8) is 0 Å². The molecule has 0 radical (unpaired) electrons. The fourth-order valence-corrected chi connectivity index (χ4v) is 11.3. The maximum absolute atomic E-state index is 13.6. The minimum Gasteiger partial charge on any atom is -0.461 e. The zero-order valence-corrected chi connectivity index (χ0v) is 28.9. The Balaban J connectivity index is 1.18. The number of hydrogen-bond donors (Lipinski definition) is 2. The first-order valence-electron chi connectivity index (χ1n) is 17.3. The molecule has 3 N–H and O–H groups in total. The SMILES string of the molecule is C=C[C@]1(C)C[C@@H](OC(=O)CSCC2CC3(CCN(C(=O)[C@H](N)C(C)C)CC3)C2)[C@]2(C)C(C)CC[C@]3(CCC(=O)C32)[C@@H](C)[C@@H]1O. The molecule has 44 heavy (non-hydrogen) atoms. The molecule has 2 bridgehead atoms. The van der Waals surface area contributed by atoms with E-state index in [0.29, 0.717) is 29.9 Å². The zero-order valence-electron chi connectivity index (χ0n) is 28.1. The van der Waals surface area contributed by atoms with E-state index in [4.69, 9.17) is 10.5 Å². The molecule has 8 heteroatoms. The van der Waals surface area contributed by atoms with Crippen LogP contribution in [0.25, 0.3) is 0 Å². The van der Waals surface area contributed by atoms with Crippen LogP contribution in [0.15, 0.2) is 12.7 Å². The van der Waals surface area contributed by atoms with Gasteiger partial charge in [0.05, 0.1) is 17.9 Å². The number of hydrogen-bond acceptors (Lipinski definition) is 7. The minimum atomic E-state index is -0.648. The average Bonchev–Trinajstić information content (AvgIpc) is 3.34. The molecule has 7 nitrogen and oxygen atoms in total. The van der Waals surface area contributed by atoms with Gasteiger partial charge >= 0.3 is 5.97 Å². The third kappa shape index (κ3) is 5.61. The quantitative estimate of drug-likeness (QED) is 0.264. The van der Waals surface area contributed by atoms with Gasteiger partial charge in [-0.25, -0.2) is 0 Å². The monoisotopic (exact) mass is 630 g/mol. The number of aliphatic hydroxyl groups excluding tert-OH is 1. The Labute approximate surface area is 269 Å². The number of nitrogens with two attached hydrogens (primary N) is 1. The number of carbonyl (C=O) groups excluding carboxylic acids is 3. The van der Waals surface area contributed by atoms with Crippen molar-refractivity contribution in [2.45, 2.75) is 118 Å². The van der Waals surface area contributed by atoms with Crippen LogP contribution in [-0.2, 0) is 19.1 Å². The molecule has 5 rings (SSSR count). The van der Waals surface area contributed by atoms with Gasteiger partial charge in [-0.1, -0.05) is 47.6 Å². The highest BCUT2D eigenvalue weighted by Crippen LogP contribution is 2.68. The smallest absolute Gasteiger partial charge is 0.316 e. The first-order valence-corrected chi connectivity index (χ1v) is 18.4. The van der Waals surface area contributed by atoms with Gasteiger partial charge in [0.2, 0.25) is 5.91 Å². The number of rotatable bonds is 8. The van der Waals surface area contributed by atoms with Gasteiger partial charge < -0.3 is 20.5 Å². The van der Waals surface area contributed by atoms with E-state index in [1.165, 1.54) is 0 Å². The van der Waals surface area contributed by atoms with Gasteiger partial charge in [0.25, 0.3) is 0 Å². The topological polar surface area (TPSA) is 110 Å². The van der Waals surface area contributed by atoms with E-state index in [9.17, 15) is 19.5 Å². The standard InChI is InChI=1S/C36H58N2O5S/c1-8-33(6)19-27(34(7)23(4)9-11-36(24(5)31(33)41)12-10-26(39)30(34)36)43-28(40)21-44-20-25-17-35(18-25)13-15-38(16-14-35)32(42)29(37)22(2)3/h8,22-25,27,29-31,41H,1,9-21,37H2,2-7H3/t23?,24-,27+,29+,30?,31-,33+,34-,36-/m0/s1. The summed E-state index contributed by atoms with van der Waals surface area (Å²) in [5, 5.41) is 11.7. The fraction of sp³-hybridized carbons (Fsp3) is 0.861. The molecule has 0 aromatic heterocycles. The normalized spacial score (nSPS) is 41.0. The van der Waals surface area contributed by atoms with E-state index in [-0.39, 0.29) is 46.7 Å². The lowest BCUT2D eigenvalue weighted by molar-refractivity contribution is -0.205. The number of amides is 1. The van der Waals surface area contributed by atoms with Crippen molar-refractivity contribution in [3.05, 3.63) is 12.7 Å². The Hall–Kier alpha value is -1.38. The van der Waals surface area contributed by atoms with Crippen LogP contribution in [0.5, 0.6) is 0 Å². The summed E-state index contributed by atoms with van der Waals surface area (Å²) in [5.41, 5.74) is 5.11. The van der Waals surface area contributed by atoms with Gasteiger partial charge in [-0.15, -0.1) is 18.3 Å². The molecular formula is C36H58N2O5S. The van der Waals surface area contributed by atoms with Crippen LogP contribution in [0.2, 0.25) is 0 Å². The number of esters is 1. The van der Waals surface area contributed by atoms with Crippen LogP contribution in [0.4, 0.5) is 0 Å². The van der Waals surface area contributed by atoms with E-state index in [2.05, 4.69) is 27.4 Å². The van der Waals surface area contributed by atoms with Gasteiger partial charge in [0, 0.05) is 36.3 Å². The summed E-state index contributed by atoms with van der Waals surface area (Å²) in [5.74, 6) is 2.13. The highest BCUT2D eigenvalue weighted by atomic mass is 32.2. The molecule has 1 saturated heterocycles. The summed E-state index contributed by atoms with van der Waals surface area (Å²) in [7, 11) is 0. The molecule has 1 amide bonds. The third-order valence-electron chi connectivity index (χ3n) is 13.7. The van der Waals surface area contributed by atoms with Gasteiger partial charge in [0.15, 0.2) is 0 Å². The minimum absolute atomic E-state index is 0.0305. The number of Topliss-reactive ketones (excluding diaryl/α,β-unsaturated/α-hetero) is 1. The lowest BCUT2D eigenvalue weighted by atomic mass is 9.44. The number of likely N-dealkylation sites (tertiary alicyclic amines) is 1. The molecule has 1 aliphatic heterocycles. The number of thioether (sulfide) groups is 1. The van der Waals surface area contributed by atoms with Crippen LogP contribution < -0.4 is 5.73 Å². The molecule has 0 aromatic rings. The number of nitrogens with zero attached hydrogens (tertiary/aromatic N) is 1. The van der Waals surface area contributed by atoms with Crippen LogP contribution in [-0.4, -0.2) is 70.5 Å². The maximum Gasteiger partial charge on any atom is 0.316 e. The van der Waals surface area contributed by atoms with E-state index in [0.717, 1.165) is 63.8 Å².